The molecule has 0 radical (unpaired) electrons. The zero-order valence-electron chi connectivity index (χ0n) is 13.8. The topological polar surface area (TPSA) is 136 Å². The molecule has 0 saturated carbocycles. The number of amidine groups is 1. The van der Waals surface area contributed by atoms with Crippen molar-refractivity contribution >= 4 is 21.7 Å². The van der Waals surface area contributed by atoms with Gasteiger partial charge in [0.25, 0.3) is 0 Å². The van der Waals surface area contributed by atoms with Crippen molar-refractivity contribution in [2.24, 2.45) is 20.4 Å². The lowest BCUT2D eigenvalue weighted by atomic mass is 9.94. The summed E-state index contributed by atoms with van der Waals surface area (Å²) in [5.41, 5.74) is 4.89. The molecule has 1 aliphatic rings. The van der Waals surface area contributed by atoms with E-state index < -0.39 is 26.7 Å². The average Bonchev–Trinajstić information content (AvgIpc) is 3.06. The number of anilines is 1. The molecule has 0 bridgehead atoms. The Kier molecular flexibility index (Phi) is 4.48. The van der Waals surface area contributed by atoms with Gasteiger partial charge in [-0.3, -0.25) is 0 Å². The molecule has 27 heavy (non-hydrogen) atoms. The SMILES string of the molecule is Cc1cc(N)ncc1-c1ccc(C(F)(F)F)c(S(N)(=O)=O)c1C1=NCN=N1. The van der Waals surface area contributed by atoms with Crippen molar-refractivity contribution in [3.05, 3.63) is 41.1 Å². The molecule has 0 spiro atoms. The number of nitrogen functional groups attached to an aromatic ring is 1. The second kappa shape index (κ2) is 6.39. The highest BCUT2D eigenvalue weighted by molar-refractivity contribution is 7.89. The molecule has 1 aliphatic heterocycles. The van der Waals surface area contributed by atoms with E-state index in [0.29, 0.717) is 17.2 Å². The predicted molar refractivity (Wildman–Crippen MR) is 91.5 cm³/mol. The van der Waals surface area contributed by atoms with E-state index >= 15 is 0 Å². The monoisotopic (exact) mass is 398 g/mol. The molecule has 2 aromatic rings. The van der Waals surface area contributed by atoms with Crippen LogP contribution in [0.2, 0.25) is 0 Å². The van der Waals surface area contributed by atoms with Crippen LogP contribution < -0.4 is 10.9 Å². The fourth-order valence-corrected chi connectivity index (χ4v) is 3.74. The van der Waals surface area contributed by atoms with Gasteiger partial charge >= 0.3 is 6.18 Å². The van der Waals surface area contributed by atoms with Crippen LogP contribution in [0.3, 0.4) is 0 Å². The number of aryl methyl sites for hydroxylation is 1. The maximum absolute atomic E-state index is 13.5. The molecule has 2 heterocycles. The van der Waals surface area contributed by atoms with Crippen LogP contribution in [-0.4, -0.2) is 25.9 Å². The Hall–Kier alpha value is -2.86. The van der Waals surface area contributed by atoms with Gasteiger partial charge in [-0.25, -0.2) is 23.5 Å². The van der Waals surface area contributed by atoms with Gasteiger partial charge in [-0.1, -0.05) is 6.07 Å². The molecule has 0 atom stereocenters. The molecule has 4 N–H and O–H groups in total. The highest BCUT2D eigenvalue weighted by Crippen LogP contribution is 2.40. The largest absolute Gasteiger partial charge is 0.417 e. The van der Waals surface area contributed by atoms with Crippen LogP contribution >= 0.6 is 0 Å². The van der Waals surface area contributed by atoms with Gasteiger partial charge in [0.1, 0.15) is 10.7 Å². The molecule has 0 amide bonds. The van der Waals surface area contributed by atoms with Crippen molar-refractivity contribution in [3.8, 4) is 11.1 Å². The Morgan fingerprint density at radius 1 is 1.19 bits per heavy atom. The third kappa shape index (κ3) is 3.53. The lowest BCUT2D eigenvalue weighted by molar-refractivity contribution is -0.139. The second-order valence-electron chi connectivity index (χ2n) is 5.70. The Labute approximate surface area is 151 Å². The van der Waals surface area contributed by atoms with Crippen molar-refractivity contribution in [1.29, 1.82) is 0 Å². The lowest BCUT2D eigenvalue weighted by Gasteiger charge is -2.19. The van der Waals surface area contributed by atoms with Crippen molar-refractivity contribution in [3.63, 3.8) is 0 Å². The van der Waals surface area contributed by atoms with E-state index in [1.807, 2.05) is 0 Å². The summed E-state index contributed by atoms with van der Waals surface area (Å²) in [6.07, 6.45) is -3.63. The number of hydrogen-bond acceptors (Lipinski definition) is 7. The predicted octanol–water partition coefficient (Wildman–Crippen LogP) is 2.48. The van der Waals surface area contributed by atoms with Crippen LogP contribution in [0.25, 0.3) is 11.1 Å². The lowest BCUT2D eigenvalue weighted by Crippen LogP contribution is -2.23. The zero-order chi connectivity index (χ0) is 20.0. The molecule has 1 aromatic heterocycles. The normalized spacial score (nSPS) is 14.5. The molecule has 0 unspecified atom stereocenters. The van der Waals surface area contributed by atoms with Gasteiger partial charge in [0.15, 0.2) is 12.5 Å². The smallest absolute Gasteiger partial charge is 0.384 e. The summed E-state index contributed by atoms with van der Waals surface area (Å²) in [7, 11) is -4.78. The van der Waals surface area contributed by atoms with Crippen molar-refractivity contribution in [2.75, 3.05) is 12.4 Å². The number of aliphatic imine (C=N–C) groups is 1. The van der Waals surface area contributed by atoms with Crippen molar-refractivity contribution in [2.45, 2.75) is 18.0 Å². The summed E-state index contributed by atoms with van der Waals surface area (Å²) in [6.45, 7) is 1.53. The number of aromatic nitrogens is 1. The summed E-state index contributed by atoms with van der Waals surface area (Å²) >= 11 is 0. The second-order valence-corrected chi connectivity index (χ2v) is 7.19. The van der Waals surface area contributed by atoms with E-state index in [4.69, 9.17) is 10.9 Å². The van der Waals surface area contributed by atoms with Gasteiger partial charge in [-0.05, 0) is 30.2 Å². The number of primary sulfonamides is 1. The molecule has 0 fully saturated rings. The first-order valence-corrected chi connectivity index (χ1v) is 8.96. The number of alkyl halides is 3. The third-order valence-electron chi connectivity index (χ3n) is 3.84. The van der Waals surface area contributed by atoms with E-state index in [0.717, 1.165) is 6.07 Å². The fraction of sp³-hybridized carbons (Fsp3) is 0.200. The van der Waals surface area contributed by atoms with Gasteiger partial charge in [0.2, 0.25) is 10.0 Å². The van der Waals surface area contributed by atoms with E-state index in [1.54, 1.807) is 6.92 Å². The van der Waals surface area contributed by atoms with Gasteiger partial charge in [-0.15, -0.1) is 5.11 Å². The number of sulfonamides is 1. The first kappa shape index (κ1) is 18.9. The quantitative estimate of drug-likeness (QED) is 0.820. The molecule has 3 rings (SSSR count). The van der Waals surface area contributed by atoms with Crippen LogP contribution in [0.4, 0.5) is 19.0 Å². The first-order chi connectivity index (χ1) is 12.5. The summed E-state index contributed by atoms with van der Waals surface area (Å²) in [4.78, 5) is 6.71. The van der Waals surface area contributed by atoms with Crippen molar-refractivity contribution < 1.29 is 21.6 Å². The Bertz CT molecular complexity index is 1090. The number of nitrogens with zero attached hydrogens (tertiary/aromatic N) is 4. The molecule has 142 valence electrons. The Morgan fingerprint density at radius 3 is 2.41 bits per heavy atom. The van der Waals surface area contributed by atoms with Gasteiger partial charge in [0.05, 0.1) is 5.56 Å². The Balaban J connectivity index is 2.48. The fourth-order valence-electron chi connectivity index (χ4n) is 2.77. The van der Waals surface area contributed by atoms with E-state index in [2.05, 4.69) is 20.2 Å². The zero-order valence-corrected chi connectivity index (χ0v) is 14.6. The van der Waals surface area contributed by atoms with E-state index in [9.17, 15) is 21.6 Å². The summed E-state index contributed by atoms with van der Waals surface area (Å²) < 4.78 is 64.6. The van der Waals surface area contributed by atoms with Gasteiger partial charge < -0.3 is 5.73 Å². The van der Waals surface area contributed by atoms with Gasteiger partial charge in [-0.2, -0.15) is 18.3 Å². The van der Waals surface area contributed by atoms with Crippen molar-refractivity contribution in [1.82, 2.24) is 4.98 Å². The van der Waals surface area contributed by atoms with Crippen LogP contribution in [0.15, 0.2) is 44.5 Å². The molecular weight excluding hydrogens is 385 g/mol. The van der Waals surface area contributed by atoms with Gasteiger partial charge in [0, 0.05) is 17.3 Å². The van der Waals surface area contributed by atoms with E-state index in [1.165, 1.54) is 12.3 Å². The molecule has 8 nitrogen and oxygen atoms in total. The summed E-state index contributed by atoms with van der Waals surface area (Å²) in [5.74, 6) is -0.0503. The molecule has 1 aromatic carbocycles. The number of rotatable bonds is 3. The van der Waals surface area contributed by atoms with Crippen LogP contribution in [0.5, 0.6) is 0 Å². The number of nitrogens with two attached hydrogens (primary N) is 2. The van der Waals surface area contributed by atoms with Crippen LogP contribution in [0.1, 0.15) is 16.7 Å². The molecule has 0 aliphatic carbocycles. The maximum atomic E-state index is 13.5. The molecule has 0 saturated heterocycles. The number of benzene rings is 1. The Morgan fingerprint density at radius 2 is 1.89 bits per heavy atom. The molecular formula is C15H13F3N6O2S. The first-order valence-electron chi connectivity index (χ1n) is 7.42. The summed E-state index contributed by atoms with van der Waals surface area (Å²) in [6, 6.07) is 3.29. The third-order valence-corrected chi connectivity index (χ3v) is 4.84. The number of hydrogen-bond donors (Lipinski definition) is 2. The van der Waals surface area contributed by atoms with E-state index in [-0.39, 0.29) is 29.4 Å². The highest BCUT2D eigenvalue weighted by atomic mass is 32.2. The highest BCUT2D eigenvalue weighted by Gasteiger charge is 2.40. The standard InChI is InChI=1S/C15H13F3N6O2S/c1-7-4-11(19)21-5-9(7)8-2-3-10(15(16,17)18)13(27(20,25)26)12(8)14-22-6-23-24-14/h2-5H,6H2,1H3,(H2,19,21)(H2,20,25,26). The number of pyridine rings is 1. The maximum Gasteiger partial charge on any atom is 0.417 e. The number of halogens is 3. The van der Waals surface area contributed by atoms with Crippen LogP contribution in [-0.2, 0) is 16.2 Å². The van der Waals surface area contributed by atoms with Crippen LogP contribution in [0, 0.1) is 6.92 Å². The number of azo groups is 1. The molecule has 12 heteroatoms. The minimum Gasteiger partial charge on any atom is -0.384 e. The minimum absolute atomic E-state index is 0.122. The minimum atomic E-state index is -4.96. The summed E-state index contributed by atoms with van der Waals surface area (Å²) in [5, 5.41) is 12.4. The average molecular weight is 398 g/mol.